The number of anilines is 1. The van der Waals surface area contributed by atoms with Gasteiger partial charge in [-0.2, -0.15) is 4.68 Å². The molecule has 3 heterocycles. The summed E-state index contributed by atoms with van der Waals surface area (Å²) >= 11 is 0. The highest BCUT2D eigenvalue weighted by Gasteiger charge is 2.31. The van der Waals surface area contributed by atoms with E-state index in [1.165, 1.54) is 18.5 Å². The first-order valence-electron chi connectivity index (χ1n) is 12.1. The van der Waals surface area contributed by atoms with Crippen molar-refractivity contribution >= 4 is 22.9 Å². The summed E-state index contributed by atoms with van der Waals surface area (Å²) in [5, 5.41) is 8.56. The van der Waals surface area contributed by atoms with Gasteiger partial charge in [-0.3, -0.25) is 4.79 Å². The quantitative estimate of drug-likeness (QED) is 0.370. The van der Waals surface area contributed by atoms with Crippen molar-refractivity contribution in [2.24, 2.45) is 0 Å². The van der Waals surface area contributed by atoms with Crippen LogP contribution in [-0.2, 0) is 4.79 Å². The zero-order chi connectivity index (χ0) is 25.2. The number of fused-ring (bicyclic) bond motifs is 1. The van der Waals surface area contributed by atoms with E-state index in [-0.39, 0.29) is 17.6 Å². The molecule has 0 bridgehead atoms. The molecule has 3 aromatic carbocycles. The molecule has 1 aliphatic heterocycles. The highest BCUT2D eigenvalue weighted by Crippen LogP contribution is 2.29. The molecule has 6 rings (SSSR count). The van der Waals surface area contributed by atoms with E-state index in [0.717, 1.165) is 11.1 Å². The van der Waals surface area contributed by atoms with Crippen LogP contribution in [0.5, 0.6) is 0 Å². The molecular formula is C28H24FN7O. The van der Waals surface area contributed by atoms with Gasteiger partial charge in [-0.15, -0.1) is 5.10 Å². The number of hydrogen-bond donors (Lipinski definition) is 0. The first kappa shape index (κ1) is 22.8. The molecule has 0 unspecified atom stereocenters. The molecule has 0 radical (unpaired) electrons. The molecular weight excluding hydrogens is 469 g/mol. The summed E-state index contributed by atoms with van der Waals surface area (Å²) in [6.07, 6.45) is 1.49. The fourth-order valence-electron chi connectivity index (χ4n) is 4.81. The zero-order valence-electron chi connectivity index (χ0n) is 20.0. The summed E-state index contributed by atoms with van der Waals surface area (Å²) in [6.45, 7) is 2.34. The van der Waals surface area contributed by atoms with E-state index in [4.69, 9.17) is 0 Å². The van der Waals surface area contributed by atoms with E-state index in [2.05, 4.69) is 25.2 Å². The van der Waals surface area contributed by atoms with E-state index in [9.17, 15) is 9.18 Å². The lowest BCUT2D eigenvalue weighted by atomic mass is 9.90. The van der Waals surface area contributed by atoms with Crippen LogP contribution in [0.15, 0.2) is 91.3 Å². The number of carbonyl (C=O) groups excluding carboxylic acids is 1. The number of nitrogens with zero attached hydrogens (tertiary/aromatic N) is 7. The van der Waals surface area contributed by atoms with Crippen molar-refractivity contribution in [2.75, 3.05) is 31.1 Å². The van der Waals surface area contributed by atoms with Crippen LogP contribution in [0.2, 0.25) is 0 Å². The van der Waals surface area contributed by atoms with Crippen LogP contribution in [-0.4, -0.2) is 61.9 Å². The lowest BCUT2D eigenvalue weighted by molar-refractivity contribution is -0.132. The number of hydrogen-bond acceptors (Lipinski definition) is 6. The fraction of sp³-hybridized carbons (Fsp3) is 0.179. The third-order valence-corrected chi connectivity index (χ3v) is 6.69. The van der Waals surface area contributed by atoms with Crippen LogP contribution in [0.3, 0.4) is 0 Å². The lowest BCUT2D eigenvalue weighted by Gasteiger charge is -2.37. The molecule has 1 fully saturated rings. The van der Waals surface area contributed by atoms with Gasteiger partial charge in [0, 0.05) is 26.2 Å². The second-order valence-electron chi connectivity index (χ2n) is 8.91. The maximum absolute atomic E-state index is 13.8. The molecule has 184 valence electrons. The Labute approximate surface area is 213 Å². The van der Waals surface area contributed by atoms with Gasteiger partial charge in [0.25, 0.3) is 0 Å². The van der Waals surface area contributed by atoms with E-state index in [0.29, 0.717) is 48.8 Å². The average molecular weight is 494 g/mol. The van der Waals surface area contributed by atoms with Crippen LogP contribution in [0.25, 0.3) is 16.9 Å². The van der Waals surface area contributed by atoms with E-state index in [1.807, 2.05) is 65.6 Å². The third-order valence-electron chi connectivity index (χ3n) is 6.69. The number of amides is 1. The molecule has 2 aromatic heterocycles. The zero-order valence-corrected chi connectivity index (χ0v) is 20.0. The van der Waals surface area contributed by atoms with E-state index in [1.54, 1.807) is 16.8 Å². The average Bonchev–Trinajstić information content (AvgIpc) is 3.39. The summed E-state index contributed by atoms with van der Waals surface area (Å²) in [5.74, 6) is 0.0910. The van der Waals surface area contributed by atoms with Gasteiger partial charge in [-0.25, -0.2) is 14.4 Å². The van der Waals surface area contributed by atoms with Crippen molar-refractivity contribution in [3.8, 4) is 5.69 Å². The van der Waals surface area contributed by atoms with Gasteiger partial charge >= 0.3 is 0 Å². The van der Waals surface area contributed by atoms with Crippen molar-refractivity contribution in [3.63, 3.8) is 0 Å². The first-order chi connectivity index (χ1) is 18.2. The molecule has 8 nitrogen and oxygen atoms in total. The Bertz CT molecular complexity index is 1480. The molecule has 0 aliphatic carbocycles. The molecule has 9 heteroatoms. The molecule has 0 atom stereocenters. The van der Waals surface area contributed by atoms with Gasteiger partial charge in [-0.05, 0) is 35.4 Å². The number of rotatable bonds is 5. The third kappa shape index (κ3) is 4.40. The fourth-order valence-corrected chi connectivity index (χ4v) is 4.81. The predicted molar refractivity (Wildman–Crippen MR) is 138 cm³/mol. The van der Waals surface area contributed by atoms with E-state index < -0.39 is 0 Å². The van der Waals surface area contributed by atoms with Crippen LogP contribution in [0, 0.1) is 5.82 Å². The van der Waals surface area contributed by atoms with Crippen LogP contribution < -0.4 is 4.90 Å². The summed E-state index contributed by atoms with van der Waals surface area (Å²) in [4.78, 5) is 26.7. The highest BCUT2D eigenvalue weighted by molar-refractivity contribution is 5.88. The molecule has 5 aromatic rings. The summed E-state index contributed by atoms with van der Waals surface area (Å²) in [5.41, 5.74) is 3.74. The van der Waals surface area contributed by atoms with Gasteiger partial charge in [0.05, 0.1) is 11.6 Å². The second kappa shape index (κ2) is 9.77. The standard InChI is InChI=1S/C28H24FN7O/c29-22-11-13-23(14-12-22)36-27-25(32-33-36)26(30-19-31-27)34-15-17-35(18-16-34)28(37)24(20-7-3-1-4-8-20)21-9-5-2-6-10-21/h1-14,19,24H,15-18H2. The van der Waals surface area contributed by atoms with Gasteiger partial charge in [0.1, 0.15) is 12.1 Å². The first-order valence-corrected chi connectivity index (χ1v) is 12.1. The molecule has 0 spiro atoms. The van der Waals surface area contributed by atoms with Crippen molar-refractivity contribution in [2.45, 2.75) is 5.92 Å². The number of aromatic nitrogens is 5. The minimum atomic E-state index is -0.352. The number of halogens is 1. The van der Waals surface area contributed by atoms with Gasteiger partial charge < -0.3 is 9.80 Å². The van der Waals surface area contributed by atoms with Gasteiger partial charge in [0.2, 0.25) is 5.91 Å². The van der Waals surface area contributed by atoms with Crippen molar-refractivity contribution in [1.82, 2.24) is 29.9 Å². The second-order valence-corrected chi connectivity index (χ2v) is 8.91. The molecule has 0 saturated carbocycles. The van der Waals surface area contributed by atoms with Crippen molar-refractivity contribution in [3.05, 3.63) is 108 Å². The van der Waals surface area contributed by atoms with Gasteiger partial charge in [-0.1, -0.05) is 65.9 Å². The maximum Gasteiger partial charge on any atom is 0.234 e. The predicted octanol–water partition coefficient (Wildman–Crippen LogP) is 3.83. The van der Waals surface area contributed by atoms with Crippen LogP contribution in [0.4, 0.5) is 10.2 Å². The summed E-state index contributed by atoms with van der Waals surface area (Å²) in [7, 11) is 0. The molecule has 0 N–H and O–H groups in total. The molecule has 37 heavy (non-hydrogen) atoms. The Morgan fingerprint density at radius 3 is 2.03 bits per heavy atom. The Morgan fingerprint density at radius 2 is 1.41 bits per heavy atom. The Balaban J connectivity index is 1.23. The van der Waals surface area contributed by atoms with Crippen LogP contribution >= 0.6 is 0 Å². The minimum absolute atomic E-state index is 0.0899. The summed E-state index contributed by atoms with van der Waals surface area (Å²) < 4.78 is 14.9. The highest BCUT2D eigenvalue weighted by atomic mass is 19.1. The van der Waals surface area contributed by atoms with E-state index >= 15 is 0 Å². The molecule has 1 saturated heterocycles. The molecule has 1 aliphatic rings. The monoisotopic (exact) mass is 493 g/mol. The Hall–Kier alpha value is -4.66. The lowest BCUT2D eigenvalue weighted by Crippen LogP contribution is -2.50. The minimum Gasteiger partial charge on any atom is -0.351 e. The van der Waals surface area contributed by atoms with Crippen LogP contribution in [0.1, 0.15) is 17.0 Å². The Morgan fingerprint density at radius 1 is 0.784 bits per heavy atom. The largest absolute Gasteiger partial charge is 0.351 e. The number of carbonyl (C=O) groups is 1. The topological polar surface area (TPSA) is 80.0 Å². The number of piperazine rings is 1. The number of benzene rings is 3. The van der Waals surface area contributed by atoms with Gasteiger partial charge in [0.15, 0.2) is 17.0 Å². The summed E-state index contributed by atoms with van der Waals surface area (Å²) in [6, 6.07) is 25.8. The Kier molecular flexibility index (Phi) is 6.02. The normalized spacial score (nSPS) is 13.9. The van der Waals surface area contributed by atoms with Crippen molar-refractivity contribution in [1.29, 1.82) is 0 Å². The SMILES string of the molecule is O=C(C(c1ccccc1)c1ccccc1)N1CCN(c2ncnc3c2nnn3-c2ccc(F)cc2)CC1. The molecule has 1 amide bonds. The maximum atomic E-state index is 13.8. The smallest absolute Gasteiger partial charge is 0.234 e. The van der Waals surface area contributed by atoms with Crippen molar-refractivity contribution < 1.29 is 9.18 Å².